The van der Waals surface area contributed by atoms with Crippen molar-refractivity contribution in [1.29, 1.82) is 0 Å². The van der Waals surface area contributed by atoms with E-state index in [1.807, 2.05) is 0 Å². The Labute approximate surface area is 177 Å². The van der Waals surface area contributed by atoms with Gasteiger partial charge in [0.05, 0.1) is 28.3 Å². The molecule has 158 valence electrons. The van der Waals surface area contributed by atoms with Crippen molar-refractivity contribution in [3.05, 3.63) is 63.7 Å². The summed E-state index contributed by atoms with van der Waals surface area (Å²) in [6.45, 7) is 7.03. The molecule has 2 aromatic heterocycles. The van der Waals surface area contributed by atoms with Gasteiger partial charge in [0, 0.05) is 6.20 Å². The molecule has 0 saturated heterocycles. The molecule has 0 fully saturated rings. The standard InChI is InChI=1S/C21H22ClFN4O3/c1-5-15(25-20(29)30-21(2,3)4)18-26-17-14(23)9-8-13(22)16(17)19(28)27(18)12-7-6-10-24-11-12/h6-11,15H,5H2,1-4H3,(H,25,29). The lowest BCUT2D eigenvalue weighted by atomic mass is 10.1. The zero-order valence-corrected chi connectivity index (χ0v) is 17.8. The molecule has 0 saturated carbocycles. The van der Waals surface area contributed by atoms with Gasteiger partial charge in [-0.2, -0.15) is 0 Å². The Balaban J connectivity index is 2.25. The Kier molecular flexibility index (Phi) is 6.07. The first-order valence-electron chi connectivity index (χ1n) is 9.43. The van der Waals surface area contributed by atoms with Gasteiger partial charge in [0.1, 0.15) is 22.8 Å². The molecule has 0 aliphatic carbocycles. The largest absolute Gasteiger partial charge is 0.444 e. The predicted octanol–water partition coefficient (Wildman–Crippen LogP) is 4.55. The minimum Gasteiger partial charge on any atom is -0.444 e. The summed E-state index contributed by atoms with van der Waals surface area (Å²) >= 11 is 6.19. The topological polar surface area (TPSA) is 86.1 Å². The fourth-order valence-electron chi connectivity index (χ4n) is 3.00. The Hall–Kier alpha value is -3.00. The molecular formula is C21H22ClFN4O3. The second-order valence-electron chi connectivity index (χ2n) is 7.68. The van der Waals surface area contributed by atoms with E-state index in [-0.39, 0.29) is 21.7 Å². The Morgan fingerprint density at radius 3 is 2.67 bits per heavy atom. The number of hydrogen-bond donors (Lipinski definition) is 1. The summed E-state index contributed by atoms with van der Waals surface area (Å²) in [5, 5.41) is 2.76. The number of benzene rings is 1. The Morgan fingerprint density at radius 2 is 2.07 bits per heavy atom. The zero-order valence-electron chi connectivity index (χ0n) is 17.1. The molecule has 2 heterocycles. The van der Waals surface area contributed by atoms with E-state index in [0.717, 1.165) is 6.07 Å². The quantitative estimate of drug-likeness (QED) is 0.653. The van der Waals surface area contributed by atoms with Gasteiger partial charge in [-0.1, -0.05) is 18.5 Å². The van der Waals surface area contributed by atoms with Crippen LogP contribution in [0, 0.1) is 5.82 Å². The number of hydrogen-bond acceptors (Lipinski definition) is 5. The highest BCUT2D eigenvalue weighted by molar-refractivity contribution is 6.35. The number of nitrogens with zero attached hydrogens (tertiary/aromatic N) is 3. The molecule has 1 N–H and O–H groups in total. The van der Waals surface area contributed by atoms with Gasteiger partial charge in [-0.15, -0.1) is 0 Å². The van der Waals surface area contributed by atoms with Crippen LogP contribution in [0.4, 0.5) is 9.18 Å². The number of carbonyl (C=O) groups excluding carboxylic acids is 1. The second kappa shape index (κ2) is 8.39. The van der Waals surface area contributed by atoms with Crippen LogP contribution in [-0.4, -0.2) is 26.2 Å². The van der Waals surface area contributed by atoms with Gasteiger partial charge < -0.3 is 10.1 Å². The summed E-state index contributed by atoms with van der Waals surface area (Å²) in [7, 11) is 0. The highest BCUT2D eigenvalue weighted by Crippen LogP contribution is 2.26. The summed E-state index contributed by atoms with van der Waals surface area (Å²) < 4.78 is 21.1. The first-order chi connectivity index (χ1) is 14.1. The van der Waals surface area contributed by atoms with Gasteiger partial charge in [-0.25, -0.2) is 14.2 Å². The molecule has 1 atom stereocenters. The van der Waals surface area contributed by atoms with E-state index in [9.17, 15) is 14.0 Å². The van der Waals surface area contributed by atoms with Crippen LogP contribution in [0.2, 0.25) is 5.02 Å². The van der Waals surface area contributed by atoms with Crippen LogP contribution in [0.15, 0.2) is 41.5 Å². The van der Waals surface area contributed by atoms with Crippen LogP contribution in [0.25, 0.3) is 16.6 Å². The third-order valence-corrected chi connectivity index (χ3v) is 4.58. The number of nitrogens with one attached hydrogen (secondary N) is 1. The lowest BCUT2D eigenvalue weighted by Gasteiger charge is -2.24. The van der Waals surface area contributed by atoms with Gasteiger partial charge in [0.25, 0.3) is 5.56 Å². The normalized spacial score (nSPS) is 12.6. The predicted molar refractivity (Wildman–Crippen MR) is 113 cm³/mol. The minimum atomic E-state index is -0.726. The van der Waals surface area contributed by atoms with Crippen molar-refractivity contribution in [2.45, 2.75) is 45.8 Å². The van der Waals surface area contributed by atoms with E-state index >= 15 is 0 Å². The highest BCUT2D eigenvalue weighted by atomic mass is 35.5. The van der Waals surface area contributed by atoms with Crippen molar-refractivity contribution >= 4 is 28.6 Å². The number of fused-ring (bicyclic) bond motifs is 1. The molecular weight excluding hydrogens is 411 g/mol. The lowest BCUT2D eigenvalue weighted by Crippen LogP contribution is -2.37. The smallest absolute Gasteiger partial charge is 0.408 e. The number of carbonyl (C=O) groups is 1. The van der Waals surface area contributed by atoms with Gasteiger partial charge in [0.2, 0.25) is 0 Å². The summed E-state index contributed by atoms with van der Waals surface area (Å²) in [5.74, 6) is -0.534. The molecule has 1 unspecified atom stereocenters. The number of alkyl carbamates (subject to hydrolysis) is 1. The average Bonchev–Trinajstić information content (AvgIpc) is 2.68. The zero-order chi connectivity index (χ0) is 22.1. The molecule has 0 spiro atoms. The van der Waals surface area contributed by atoms with E-state index in [2.05, 4.69) is 15.3 Å². The van der Waals surface area contributed by atoms with E-state index in [0.29, 0.717) is 12.1 Å². The number of halogens is 2. The Morgan fingerprint density at radius 1 is 1.33 bits per heavy atom. The SMILES string of the molecule is CCC(NC(=O)OC(C)(C)C)c1nc2c(F)ccc(Cl)c2c(=O)n1-c1cccnc1. The van der Waals surface area contributed by atoms with Crippen molar-refractivity contribution in [1.82, 2.24) is 19.9 Å². The van der Waals surface area contributed by atoms with Crippen molar-refractivity contribution in [2.24, 2.45) is 0 Å². The third kappa shape index (κ3) is 4.43. The van der Waals surface area contributed by atoms with Gasteiger partial charge in [-0.3, -0.25) is 14.3 Å². The summed E-state index contributed by atoms with van der Waals surface area (Å²) in [5.41, 5.74) is -1.01. The highest BCUT2D eigenvalue weighted by Gasteiger charge is 2.26. The fourth-order valence-corrected chi connectivity index (χ4v) is 3.24. The van der Waals surface area contributed by atoms with Crippen LogP contribution in [0.1, 0.15) is 46.0 Å². The minimum absolute atomic E-state index is 0.0450. The van der Waals surface area contributed by atoms with Crippen molar-refractivity contribution < 1.29 is 13.9 Å². The van der Waals surface area contributed by atoms with E-state index in [1.165, 1.54) is 16.8 Å². The average molecular weight is 433 g/mol. The van der Waals surface area contributed by atoms with Gasteiger partial charge in [-0.05, 0) is 51.5 Å². The number of aromatic nitrogens is 3. The van der Waals surface area contributed by atoms with Crippen molar-refractivity contribution in [3.8, 4) is 5.69 Å². The molecule has 0 aliphatic rings. The molecule has 30 heavy (non-hydrogen) atoms. The Bertz CT molecular complexity index is 1140. The maximum Gasteiger partial charge on any atom is 0.408 e. The molecule has 0 radical (unpaired) electrons. The van der Waals surface area contributed by atoms with Gasteiger partial charge in [0.15, 0.2) is 0 Å². The van der Waals surface area contributed by atoms with E-state index in [4.69, 9.17) is 16.3 Å². The van der Waals surface area contributed by atoms with Crippen molar-refractivity contribution in [3.63, 3.8) is 0 Å². The summed E-state index contributed by atoms with van der Waals surface area (Å²) in [6.07, 6.45) is 2.74. The number of rotatable bonds is 4. The molecule has 3 aromatic rings. The van der Waals surface area contributed by atoms with Crippen LogP contribution < -0.4 is 10.9 Å². The maximum absolute atomic E-state index is 14.5. The molecule has 1 aromatic carbocycles. The molecule has 0 aliphatic heterocycles. The molecule has 0 bridgehead atoms. The lowest BCUT2D eigenvalue weighted by molar-refractivity contribution is 0.0499. The maximum atomic E-state index is 14.5. The first kappa shape index (κ1) is 21.7. The number of pyridine rings is 1. The molecule has 3 rings (SSSR count). The molecule has 1 amide bonds. The second-order valence-corrected chi connectivity index (χ2v) is 8.09. The van der Waals surface area contributed by atoms with Crippen molar-refractivity contribution in [2.75, 3.05) is 0 Å². The molecule has 7 nitrogen and oxygen atoms in total. The number of amides is 1. The van der Waals surface area contributed by atoms with Gasteiger partial charge >= 0.3 is 6.09 Å². The number of ether oxygens (including phenoxy) is 1. The summed E-state index contributed by atoms with van der Waals surface area (Å²) in [6, 6.07) is 5.06. The monoisotopic (exact) mass is 432 g/mol. The van der Waals surface area contributed by atoms with Crippen LogP contribution in [-0.2, 0) is 4.74 Å². The van der Waals surface area contributed by atoms with E-state index in [1.54, 1.807) is 46.0 Å². The fraction of sp³-hybridized carbons (Fsp3) is 0.333. The van der Waals surface area contributed by atoms with Crippen LogP contribution in [0.5, 0.6) is 0 Å². The molecule has 9 heteroatoms. The third-order valence-electron chi connectivity index (χ3n) is 4.27. The van der Waals surface area contributed by atoms with Crippen LogP contribution in [0.3, 0.4) is 0 Å². The van der Waals surface area contributed by atoms with E-state index < -0.39 is 29.1 Å². The summed E-state index contributed by atoms with van der Waals surface area (Å²) in [4.78, 5) is 34.2. The first-order valence-corrected chi connectivity index (χ1v) is 9.80. The van der Waals surface area contributed by atoms with Crippen LogP contribution >= 0.6 is 11.6 Å².